The Kier molecular flexibility index (Phi) is 4.50. The van der Waals surface area contributed by atoms with Crippen molar-refractivity contribution in [1.29, 1.82) is 0 Å². The molecule has 3 N–H and O–H groups in total. The fourth-order valence-electron chi connectivity index (χ4n) is 4.84. The van der Waals surface area contributed by atoms with Crippen LogP contribution in [0.1, 0.15) is 61.3 Å². The molecule has 4 atom stereocenters. The van der Waals surface area contributed by atoms with Crippen LogP contribution >= 0.6 is 0 Å². The number of hydrogen-bond donors (Lipinski definition) is 3. The molecule has 1 aromatic heterocycles. The number of hydrogen-bond acceptors (Lipinski definition) is 4. The highest BCUT2D eigenvalue weighted by Gasteiger charge is 2.38. The second-order valence-corrected chi connectivity index (χ2v) is 7.90. The summed E-state index contributed by atoms with van der Waals surface area (Å²) < 4.78 is 2.02. The van der Waals surface area contributed by atoms with E-state index in [9.17, 15) is 14.7 Å². The van der Waals surface area contributed by atoms with E-state index in [1.165, 1.54) is 0 Å². The third-order valence-electron chi connectivity index (χ3n) is 5.92. The van der Waals surface area contributed by atoms with E-state index < -0.39 is 0 Å². The number of rotatable bonds is 2. The van der Waals surface area contributed by atoms with Crippen molar-refractivity contribution in [3.63, 3.8) is 0 Å². The number of imidazole rings is 1. The van der Waals surface area contributed by atoms with Crippen molar-refractivity contribution < 1.29 is 14.7 Å². The lowest BCUT2D eigenvalue weighted by molar-refractivity contribution is -0.129. The van der Waals surface area contributed by atoms with Crippen LogP contribution in [0.5, 0.6) is 0 Å². The number of aliphatic hydroxyl groups is 1. The van der Waals surface area contributed by atoms with Crippen molar-refractivity contribution >= 4 is 11.8 Å². The van der Waals surface area contributed by atoms with Gasteiger partial charge in [0.25, 0.3) is 5.91 Å². The largest absolute Gasteiger partial charge is 0.393 e. The Morgan fingerprint density at radius 3 is 2.56 bits per heavy atom. The maximum absolute atomic E-state index is 12.4. The molecule has 7 nitrogen and oxygen atoms in total. The lowest BCUT2D eigenvalue weighted by Gasteiger charge is -2.40. The van der Waals surface area contributed by atoms with Gasteiger partial charge in [0.1, 0.15) is 11.5 Å². The lowest BCUT2D eigenvalue weighted by atomic mass is 9.67. The summed E-state index contributed by atoms with van der Waals surface area (Å²) in [5.41, 5.74) is 5.46. The molecule has 136 valence electrons. The number of amides is 2. The van der Waals surface area contributed by atoms with Gasteiger partial charge in [0.05, 0.1) is 6.10 Å². The number of fused-ring (bicyclic) bond motifs is 3. The monoisotopic (exact) mass is 346 g/mol. The number of carbonyl (C=O) groups is 2. The summed E-state index contributed by atoms with van der Waals surface area (Å²) in [5.74, 6) is 1.24. The van der Waals surface area contributed by atoms with Crippen molar-refractivity contribution in [2.24, 2.45) is 17.8 Å². The topological polar surface area (TPSA) is 96.3 Å². The first-order valence-electron chi connectivity index (χ1n) is 9.43. The van der Waals surface area contributed by atoms with Crippen LogP contribution < -0.4 is 10.9 Å². The van der Waals surface area contributed by atoms with Crippen LogP contribution in [-0.2, 0) is 17.8 Å². The Labute approximate surface area is 147 Å². The maximum Gasteiger partial charge on any atom is 0.289 e. The molecule has 3 aliphatic rings. The number of aliphatic hydroxyl groups excluding tert-OH is 1. The second kappa shape index (κ2) is 6.78. The van der Waals surface area contributed by atoms with Crippen LogP contribution in [-0.4, -0.2) is 32.6 Å². The van der Waals surface area contributed by atoms with E-state index in [1.807, 2.05) is 4.57 Å². The number of nitrogens with zero attached hydrogens (tertiary/aromatic N) is 2. The minimum absolute atomic E-state index is 0.0771. The molecule has 2 unspecified atom stereocenters. The van der Waals surface area contributed by atoms with E-state index in [4.69, 9.17) is 0 Å². The van der Waals surface area contributed by atoms with Gasteiger partial charge in [-0.15, -0.1) is 0 Å². The van der Waals surface area contributed by atoms with Crippen LogP contribution in [0, 0.1) is 17.8 Å². The minimum Gasteiger partial charge on any atom is -0.393 e. The minimum atomic E-state index is -0.360. The highest BCUT2D eigenvalue weighted by Crippen LogP contribution is 2.42. The molecule has 4 rings (SSSR count). The fraction of sp³-hybridized carbons (Fsp3) is 0.722. The van der Waals surface area contributed by atoms with E-state index in [0.29, 0.717) is 17.5 Å². The normalized spacial score (nSPS) is 31.1. The Bertz CT molecular complexity index is 630. The second-order valence-electron chi connectivity index (χ2n) is 7.90. The summed E-state index contributed by atoms with van der Waals surface area (Å²) in [6.45, 7) is 0.901. The highest BCUT2D eigenvalue weighted by atomic mass is 16.3. The number of aryl methyl sites for hydroxylation is 2. The molecule has 2 saturated carbocycles. The van der Waals surface area contributed by atoms with Gasteiger partial charge in [0, 0.05) is 25.1 Å². The summed E-state index contributed by atoms with van der Waals surface area (Å²) in [6, 6.07) is 0. The number of hydrazine groups is 1. The van der Waals surface area contributed by atoms with Crippen molar-refractivity contribution in [2.45, 2.75) is 64.0 Å². The molecule has 2 bridgehead atoms. The SMILES string of the molecule is O=C(NNC(=O)C1C[C@H]2CC(O)C[C@@H](C1)C2)c1cn2c(n1)CCCC2. The molecule has 25 heavy (non-hydrogen) atoms. The van der Waals surface area contributed by atoms with Crippen LogP contribution in [0.25, 0.3) is 0 Å². The van der Waals surface area contributed by atoms with Gasteiger partial charge in [-0.3, -0.25) is 20.4 Å². The molecule has 2 amide bonds. The molecular formula is C18H26N4O3. The van der Waals surface area contributed by atoms with Gasteiger partial charge < -0.3 is 9.67 Å². The lowest BCUT2D eigenvalue weighted by Crippen LogP contribution is -2.47. The molecule has 2 fully saturated rings. The molecule has 0 aromatic carbocycles. The average Bonchev–Trinajstić information content (AvgIpc) is 3.02. The number of nitrogens with one attached hydrogen (secondary N) is 2. The highest BCUT2D eigenvalue weighted by molar-refractivity contribution is 5.93. The summed E-state index contributed by atoms with van der Waals surface area (Å²) in [6.07, 6.45) is 8.99. The third-order valence-corrected chi connectivity index (χ3v) is 5.92. The first kappa shape index (κ1) is 16.6. The predicted octanol–water partition coefficient (Wildman–Crippen LogP) is 1.17. The third kappa shape index (κ3) is 3.56. The number of aromatic nitrogens is 2. The zero-order chi connectivity index (χ0) is 17.4. The van der Waals surface area contributed by atoms with Gasteiger partial charge in [-0.25, -0.2) is 4.98 Å². The maximum atomic E-state index is 12.4. The van der Waals surface area contributed by atoms with E-state index in [1.54, 1.807) is 6.20 Å². The van der Waals surface area contributed by atoms with E-state index in [-0.39, 0.29) is 23.8 Å². The zero-order valence-corrected chi connectivity index (χ0v) is 14.4. The van der Waals surface area contributed by atoms with Crippen LogP contribution in [0.2, 0.25) is 0 Å². The Morgan fingerprint density at radius 2 is 1.84 bits per heavy atom. The van der Waals surface area contributed by atoms with E-state index in [0.717, 1.165) is 63.7 Å². The van der Waals surface area contributed by atoms with E-state index >= 15 is 0 Å². The molecule has 0 spiro atoms. The quantitative estimate of drug-likeness (QED) is 0.700. The first-order valence-corrected chi connectivity index (χ1v) is 9.43. The molecule has 0 radical (unpaired) electrons. The molecule has 0 saturated heterocycles. The van der Waals surface area contributed by atoms with Crippen LogP contribution in [0.4, 0.5) is 0 Å². The summed E-state index contributed by atoms with van der Waals surface area (Å²) >= 11 is 0. The van der Waals surface area contributed by atoms with E-state index in [2.05, 4.69) is 15.8 Å². The summed E-state index contributed by atoms with van der Waals surface area (Å²) in [7, 11) is 0. The first-order chi connectivity index (χ1) is 12.1. The van der Waals surface area contributed by atoms with Gasteiger partial charge in [0.2, 0.25) is 5.91 Å². The molecule has 1 aromatic rings. The van der Waals surface area contributed by atoms with Crippen LogP contribution in [0.15, 0.2) is 6.20 Å². The molecule has 2 aliphatic carbocycles. The summed E-state index contributed by atoms with van der Waals surface area (Å²) in [4.78, 5) is 29.0. The molecule has 1 aliphatic heterocycles. The van der Waals surface area contributed by atoms with Crippen molar-refractivity contribution in [1.82, 2.24) is 20.4 Å². The van der Waals surface area contributed by atoms with Gasteiger partial charge in [-0.2, -0.15) is 0 Å². The Balaban J connectivity index is 1.31. The Morgan fingerprint density at radius 1 is 1.08 bits per heavy atom. The van der Waals surface area contributed by atoms with Gasteiger partial charge >= 0.3 is 0 Å². The molecular weight excluding hydrogens is 320 g/mol. The smallest absolute Gasteiger partial charge is 0.289 e. The summed E-state index contributed by atoms with van der Waals surface area (Å²) in [5, 5.41) is 9.85. The van der Waals surface area contributed by atoms with Gasteiger partial charge in [-0.1, -0.05) is 0 Å². The van der Waals surface area contributed by atoms with Gasteiger partial charge in [0.15, 0.2) is 0 Å². The van der Waals surface area contributed by atoms with Crippen molar-refractivity contribution in [3.8, 4) is 0 Å². The Hall–Kier alpha value is -1.89. The number of carbonyl (C=O) groups excluding carboxylic acids is 2. The van der Waals surface area contributed by atoms with Gasteiger partial charge in [-0.05, 0) is 56.8 Å². The fourth-order valence-corrected chi connectivity index (χ4v) is 4.84. The van der Waals surface area contributed by atoms with Crippen LogP contribution in [0.3, 0.4) is 0 Å². The zero-order valence-electron chi connectivity index (χ0n) is 14.4. The standard InChI is InChI=1S/C18H26N4O3/c23-14-8-11-5-12(9-14)7-13(6-11)17(24)20-21-18(25)15-10-22-4-2-1-3-16(22)19-15/h10-14,23H,1-9H2,(H,20,24)(H,21,25)/t11-,12+,13?,14?. The molecule has 2 heterocycles. The van der Waals surface area contributed by atoms with Crippen molar-refractivity contribution in [3.05, 3.63) is 17.7 Å². The average molecular weight is 346 g/mol. The predicted molar refractivity (Wildman–Crippen MR) is 90.3 cm³/mol. The van der Waals surface area contributed by atoms with Crippen molar-refractivity contribution in [2.75, 3.05) is 0 Å². The molecule has 7 heteroatoms.